The molecule has 0 fully saturated rings. The predicted molar refractivity (Wildman–Crippen MR) is 74.1 cm³/mol. The first-order valence-electron chi connectivity index (χ1n) is 6.03. The van der Waals surface area contributed by atoms with Gasteiger partial charge in [-0.2, -0.15) is 0 Å². The summed E-state index contributed by atoms with van der Waals surface area (Å²) in [6.07, 6.45) is 0. The van der Waals surface area contributed by atoms with Crippen LogP contribution in [0.1, 0.15) is 20.8 Å². The minimum absolute atomic E-state index is 0.0412. The zero-order valence-electron chi connectivity index (χ0n) is 11.4. The fourth-order valence-corrected chi connectivity index (χ4v) is 1.45. The molecule has 6 nitrogen and oxygen atoms in total. The average molecular weight is 265 g/mol. The molecule has 0 radical (unpaired) electrons. The minimum Gasteiger partial charge on any atom is -0.325 e. The summed E-state index contributed by atoms with van der Waals surface area (Å²) < 4.78 is 0. The Balaban J connectivity index is 2.48. The summed E-state index contributed by atoms with van der Waals surface area (Å²) in [5, 5.41) is 16.3. The van der Waals surface area contributed by atoms with Crippen molar-refractivity contribution in [3.05, 3.63) is 34.4 Å². The molecule has 19 heavy (non-hydrogen) atoms. The van der Waals surface area contributed by atoms with Crippen molar-refractivity contribution in [2.24, 2.45) is 5.41 Å². The molecule has 104 valence electrons. The Morgan fingerprint density at radius 1 is 1.37 bits per heavy atom. The second kappa shape index (κ2) is 6.29. The molecule has 1 amide bonds. The Hall–Kier alpha value is -1.95. The molecule has 1 aromatic rings. The molecule has 1 rings (SSSR count). The number of nitro groups is 1. The van der Waals surface area contributed by atoms with Gasteiger partial charge in [-0.25, -0.2) is 0 Å². The SMILES string of the molecule is CC(C)(C)CNCC(=O)Nc1cccc([N+](=O)[O-])c1. The Morgan fingerprint density at radius 2 is 2.05 bits per heavy atom. The van der Waals surface area contributed by atoms with Gasteiger partial charge in [0.1, 0.15) is 0 Å². The molecule has 0 aliphatic heterocycles. The maximum atomic E-state index is 11.6. The van der Waals surface area contributed by atoms with Crippen molar-refractivity contribution in [1.82, 2.24) is 5.32 Å². The highest BCUT2D eigenvalue weighted by molar-refractivity contribution is 5.92. The average Bonchev–Trinajstić information content (AvgIpc) is 2.27. The lowest BCUT2D eigenvalue weighted by molar-refractivity contribution is -0.384. The highest BCUT2D eigenvalue weighted by atomic mass is 16.6. The van der Waals surface area contributed by atoms with E-state index < -0.39 is 4.92 Å². The normalized spacial score (nSPS) is 11.1. The van der Waals surface area contributed by atoms with Crippen molar-refractivity contribution >= 4 is 17.3 Å². The van der Waals surface area contributed by atoms with Crippen molar-refractivity contribution < 1.29 is 9.72 Å². The van der Waals surface area contributed by atoms with Gasteiger partial charge in [-0.15, -0.1) is 0 Å². The van der Waals surface area contributed by atoms with E-state index in [1.54, 1.807) is 6.07 Å². The van der Waals surface area contributed by atoms with Gasteiger partial charge in [0.2, 0.25) is 5.91 Å². The van der Waals surface area contributed by atoms with E-state index in [9.17, 15) is 14.9 Å². The van der Waals surface area contributed by atoms with Gasteiger partial charge in [0.25, 0.3) is 5.69 Å². The van der Waals surface area contributed by atoms with Crippen LogP contribution >= 0.6 is 0 Å². The number of carbonyl (C=O) groups excluding carboxylic acids is 1. The molecule has 0 unspecified atom stereocenters. The lowest BCUT2D eigenvalue weighted by atomic mass is 9.97. The lowest BCUT2D eigenvalue weighted by Gasteiger charge is -2.18. The number of hydrogen-bond acceptors (Lipinski definition) is 4. The molecule has 0 spiro atoms. The number of hydrogen-bond donors (Lipinski definition) is 2. The van der Waals surface area contributed by atoms with Crippen LogP contribution in [-0.4, -0.2) is 23.9 Å². The molecule has 2 N–H and O–H groups in total. The van der Waals surface area contributed by atoms with Crippen LogP contribution in [-0.2, 0) is 4.79 Å². The van der Waals surface area contributed by atoms with E-state index in [2.05, 4.69) is 31.4 Å². The van der Waals surface area contributed by atoms with Gasteiger partial charge in [-0.3, -0.25) is 14.9 Å². The van der Waals surface area contributed by atoms with Crippen molar-refractivity contribution in [3.8, 4) is 0 Å². The van der Waals surface area contributed by atoms with E-state index in [0.29, 0.717) is 5.69 Å². The van der Waals surface area contributed by atoms with Crippen LogP contribution in [0, 0.1) is 15.5 Å². The third kappa shape index (κ3) is 5.96. The number of non-ortho nitro benzene ring substituents is 1. The number of amides is 1. The van der Waals surface area contributed by atoms with E-state index in [1.807, 2.05) is 0 Å². The number of rotatable bonds is 5. The Morgan fingerprint density at radius 3 is 2.63 bits per heavy atom. The van der Waals surface area contributed by atoms with Gasteiger partial charge < -0.3 is 10.6 Å². The number of nitrogens with zero attached hydrogens (tertiary/aromatic N) is 1. The third-order valence-electron chi connectivity index (χ3n) is 2.28. The maximum absolute atomic E-state index is 11.6. The van der Waals surface area contributed by atoms with Gasteiger partial charge in [0.15, 0.2) is 0 Å². The summed E-state index contributed by atoms with van der Waals surface area (Å²) in [7, 11) is 0. The van der Waals surface area contributed by atoms with Gasteiger partial charge in [0, 0.05) is 24.4 Å². The molecule has 0 saturated heterocycles. The van der Waals surface area contributed by atoms with Crippen LogP contribution in [0.15, 0.2) is 24.3 Å². The lowest BCUT2D eigenvalue weighted by Crippen LogP contribution is -2.33. The summed E-state index contributed by atoms with van der Waals surface area (Å²) in [6.45, 7) is 7.10. The summed E-state index contributed by atoms with van der Waals surface area (Å²) in [6, 6.07) is 5.88. The second-order valence-corrected chi connectivity index (χ2v) is 5.52. The van der Waals surface area contributed by atoms with E-state index in [4.69, 9.17) is 0 Å². The molecular weight excluding hydrogens is 246 g/mol. The highest BCUT2D eigenvalue weighted by Crippen LogP contribution is 2.16. The van der Waals surface area contributed by atoms with Crippen LogP contribution in [0.5, 0.6) is 0 Å². The summed E-state index contributed by atoms with van der Waals surface area (Å²) in [5.74, 6) is -0.218. The first-order valence-corrected chi connectivity index (χ1v) is 6.03. The molecule has 0 atom stereocenters. The molecule has 0 aromatic heterocycles. The fourth-order valence-electron chi connectivity index (χ4n) is 1.45. The van der Waals surface area contributed by atoms with Gasteiger partial charge in [-0.1, -0.05) is 26.8 Å². The third-order valence-corrected chi connectivity index (χ3v) is 2.28. The van der Waals surface area contributed by atoms with Crippen LogP contribution < -0.4 is 10.6 Å². The van der Waals surface area contributed by atoms with E-state index in [0.717, 1.165) is 6.54 Å². The summed E-state index contributed by atoms with van der Waals surface area (Å²) >= 11 is 0. The largest absolute Gasteiger partial charge is 0.325 e. The number of nitrogens with one attached hydrogen (secondary N) is 2. The quantitative estimate of drug-likeness (QED) is 0.631. The summed E-state index contributed by atoms with van der Waals surface area (Å²) in [4.78, 5) is 21.7. The molecule has 1 aromatic carbocycles. The van der Waals surface area contributed by atoms with E-state index in [-0.39, 0.29) is 23.6 Å². The zero-order chi connectivity index (χ0) is 14.5. The predicted octanol–water partition coefficient (Wildman–Crippen LogP) is 2.17. The Labute approximate surface area is 112 Å². The van der Waals surface area contributed by atoms with Crippen molar-refractivity contribution in [2.75, 3.05) is 18.4 Å². The monoisotopic (exact) mass is 265 g/mol. The maximum Gasteiger partial charge on any atom is 0.271 e. The first kappa shape index (κ1) is 15.1. The molecular formula is C13H19N3O3. The first-order chi connectivity index (χ1) is 8.78. The smallest absolute Gasteiger partial charge is 0.271 e. The molecule has 0 heterocycles. The van der Waals surface area contributed by atoms with E-state index in [1.165, 1.54) is 18.2 Å². The van der Waals surface area contributed by atoms with E-state index >= 15 is 0 Å². The molecule has 0 aliphatic carbocycles. The molecule has 0 saturated carbocycles. The second-order valence-electron chi connectivity index (χ2n) is 5.52. The van der Waals surface area contributed by atoms with Crippen LogP contribution in [0.3, 0.4) is 0 Å². The summed E-state index contributed by atoms with van der Waals surface area (Å²) in [5.41, 5.74) is 0.489. The topological polar surface area (TPSA) is 84.3 Å². The van der Waals surface area contributed by atoms with Gasteiger partial charge >= 0.3 is 0 Å². The number of nitro benzene ring substituents is 1. The van der Waals surface area contributed by atoms with Crippen molar-refractivity contribution in [1.29, 1.82) is 0 Å². The molecule has 6 heteroatoms. The van der Waals surface area contributed by atoms with Crippen LogP contribution in [0.4, 0.5) is 11.4 Å². The zero-order valence-corrected chi connectivity index (χ0v) is 11.4. The Bertz CT molecular complexity index is 466. The van der Waals surface area contributed by atoms with Crippen LogP contribution in [0.2, 0.25) is 0 Å². The van der Waals surface area contributed by atoms with Crippen molar-refractivity contribution in [3.63, 3.8) is 0 Å². The van der Waals surface area contributed by atoms with Gasteiger partial charge in [0.05, 0.1) is 11.5 Å². The Kier molecular flexibility index (Phi) is 5.00. The number of benzene rings is 1. The minimum atomic E-state index is -0.493. The van der Waals surface area contributed by atoms with Crippen LogP contribution in [0.25, 0.3) is 0 Å². The standard InChI is InChI=1S/C13H19N3O3/c1-13(2,3)9-14-8-12(17)15-10-5-4-6-11(7-10)16(18)19/h4-7,14H,8-9H2,1-3H3,(H,15,17). The number of anilines is 1. The highest BCUT2D eigenvalue weighted by Gasteiger charge is 2.11. The number of carbonyl (C=O) groups is 1. The molecule has 0 aliphatic rings. The van der Waals surface area contributed by atoms with Gasteiger partial charge in [-0.05, 0) is 11.5 Å². The van der Waals surface area contributed by atoms with Crippen molar-refractivity contribution in [2.45, 2.75) is 20.8 Å². The fraction of sp³-hybridized carbons (Fsp3) is 0.462. The molecule has 0 bridgehead atoms.